The van der Waals surface area contributed by atoms with E-state index in [-0.39, 0.29) is 6.61 Å². The molecule has 1 N–H and O–H groups in total. The van der Waals surface area contributed by atoms with Crippen LogP contribution in [0.5, 0.6) is 5.75 Å². The monoisotopic (exact) mass is 277 g/mol. The van der Waals surface area contributed by atoms with E-state index >= 15 is 0 Å². The van der Waals surface area contributed by atoms with Crippen LogP contribution >= 0.6 is 0 Å². The Kier molecular flexibility index (Phi) is 4.69. The predicted octanol–water partition coefficient (Wildman–Crippen LogP) is 3.57. The molecule has 106 valence electrons. The fraction of sp³-hybridized carbons (Fsp3) is 0.250. The molecule has 2 nitrogen and oxygen atoms in total. The molecule has 0 heterocycles. The third-order valence-electron chi connectivity index (χ3n) is 2.96. The van der Waals surface area contributed by atoms with Crippen molar-refractivity contribution >= 4 is 0 Å². The average Bonchev–Trinajstić information content (AvgIpc) is 2.42. The fourth-order valence-corrected chi connectivity index (χ4v) is 1.97. The summed E-state index contributed by atoms with van der Waals surface area (Å²) in [5.74, 6) is -0.958. The zero-order chi connectivity index (χ0) is 14.5. The highest BCUT2D eigenvalue weighted by molar-refractivity contribution is 5.37. The standard InChI is InChI=1S/C16H17F2NO/c1-11-3-6-16(13(7-11)9-19-2)20-10-12-4-5-14(17)15(18)8-12/h3-8,19H,9-10H2,1-2H3. The van der Waals surface area contributed by atoms with E-state index in [1.165, 1.54) is 6.07 Å². The molecule has 2 aromatic rings. The summed E-state index contributed by atoms with van der Waals surface area (Å²) in [5.41, 5.74) is 2.78. The average molecular weight is 277 g/mol. The van der Waals surface area contributed by atoms with Crippen molar-refractivity contribution in [2.24, 2.45) is 0 Å². The highest BCUT2D eigenvalue weighted by Gasteiger charge is 2.06. The molecule has 0 aliphatic carbocycles. The molecule has 0 saturated heterocycles. The van der Waals surface area contributed by atoms with Crippen LogP contribution in [0.1, 0.15) is 16.7 Å². The number of halogens is 2. The molecule has 0 aliphatic rings. The molecule has 0 amide bonds. The first-order valence-corrected chi connectivity index (χ1v) is 6.41. The van der Waals surface area contributed by atoms with Gasteiger partial charge in [0.1, 0.15) is 12.4 Å². The molecule has 0 saturated carbocycles. The van der Waals surface area contributed by atoms with Crippen LogP contribution in [0.2, 0.25) is 0 Å². The summed E-state index contributed by atoms with van der Waals surface area (Å²) in [6, 6.07) is 9.67. The summed E-state index contributed by atoms with van der Waals surface area (Å²) in [6.45, 7) is 2.91. The van der Waals surface area contributed by atoms with Gasteiger partial charge in [0, 0.05) is 12.1 Å². The molecule has 2 aromatic carbocycles. The Balaban J connectivity index is 2.11. The van der Waals surface area contributed by atoms with E-state index in [2.05, 4.69) is 5.32 Å². The number of nitrogens with one attached hydrogen (secondary N) is 1. The number of hydrogen-bond donors (Lipinski definition) is 1. The second kappa shape index (κ2) is 6.48. The smallest absolute Gasteiger partial charge is 0.159 e. The number of benzene rings is 2. The van der Waals surface area contributed by atoms with Crippen molar-refractivity contribution in [2.45, 2.75) is 20.1 Å². The molecular formula is C16H17F2NO. The Hall–Kier alpha value is -1.94. The lowest BCUT2D eigenvalue weighted by molar-refractivity contribution is 0.301. The molecule has 4 heteroatoms. The van der Waals surface area contributed by atoms with E-state index in [4.69, 9.17) is 4.74 Å². The third kappa shape index (κ3) is 3.54. The van der Waals surface area contributed by atoms with Gasteiger partial charge in [0.15, 0.2) is 11.6 Å². The van der Waals surface area contributed by atoms with Gasteiger partial charge in [0.2, 0.25) is 0 Å². The van der Waals surface area contributed by atoms with Crippen molar-refractivity contribution < 1.29 is 13.5 Å². The first kappa shape index (κ1) is 14.5. The van der Waals surface area contributed by atoms with Crippen LogP contribution in [0, 0.1) is 18.6 Å². The van der Waals surface area contributed by atoms with Crippen molar-refractivity contribution in [3.8, 4) is 5.75 Å². The molecular weight excluding hydrogens is 260 g/mol. The Morgan fingerprint density at radius 1 is 1.05 bits per heavy atom. The van der Waals surface area contributed by atoms with Crippen molar-refractivity contribution in [3.05, 3.63) is 64.7 Å². The van der Waals surface area contributed by atoms with Gasteiger partial charge in [-0.15, -0.1) is 0 Å². The summed E-state index contributed by atoms with van der Waals surface area (Å²) in [4.78, 5) is 0. The van der Waals surface area contributed by atoms with Crippen LogP contribution in [0.25, 0.3) is 0 Å². The molecule has 0 fully saturated rings. The van der Waals surface area contributed by atoms with Crippen LogP contribution < -0.4 is 10.1 Å². The molecule has 0 aromatic heterocycles. The fourth-order valence-electron chi connectivity index (χ4n) is 1.97. The number of ether oxygens (including phenoxy) is 1. The normalized spacial score (nSPS) is 10.6. The Labute approximate surface area is 117 Å². The molecule has 20 heavy (non-hydrogen) atoms. The predicted molar refractivity (Wildman–Crippen MR) is 74.6 cm³/mol. The van der Waals surface area contributed by atoms with Gasteiger partial charge in [-0.2, -0.15) is 0 Å². The molecule has 0 radical (unpaired) electrons. The van der Waals surface area contributed by atoms with Crippen LogP contribution in [0.4, 0.5) is 8.78 Å². The summed E-state index contributed by atoms with van der Waals surface area (Å²) >= 11 is 0. The molecule has 0 aliphatic heterocycles. The largest absolute Gasteiger partial charge is 0.489 e. The van der Waals surface area contributed by atoms with Gasteiger partial charge in [-0.1, -0.05) is 23.8 Å². The maximum absolute atomic E-state index is 13.1. The summed E-state index contributed by atoms with van der Waals surface area (Å²) in [5, 5.41) is 3.08. The van der Waals surface area contributed by atoms with E-state index in [0.717, 1.165) is 29.0 Å². The van der Waals surface area contributed by atoms with Crippen LogP contribution in [-0.2, 0) is 13.2 Å². The van der Waals surface area contributed by atoms with Gasteiger partial charge < -0.3 is 10.1 Å². The van der Waals surface area contributed by atoms with E-state index < -0.39 is 11.6 Å². The molecule has 2 rings (SSSR count). The second-order valence-corrected chi connectivity index (χ2v) is 4.68. The first-order valence-electron chi connectivity index (χ1n) is 6.41. The van der Waals surface area contributed by atoms with Gasteiger partial charge in [-0.05, 0) is 37.7 Å². The molecule has 0 atom stereocenters. The SMILES string of the molecule is CNCc1cc(C)ccc1OCc1ccc(F)c(F)c1. The highest BCUT2D eigenvalue weighted by atomic mass is 19.2. The lowest BCUT2D eigenvalue weighted by Gasteiger charge is -2.12. The maximum Gasteiger partial charge on any atom is 0.159 e. The Morgan fingerprint density at radius 3 is 2.55 bits per heavy atom. The lowest BCUT2D eigenvalue weighted by Crippen LogP contribution is -2.08. The molecule has 0 spiro atoms. The number of rotatable bonds is 5. The van der Waals surface area contributed by atoms with Gasteiger partial charge in [-0.3, -0.25) is 0 Å². The van der Waals surface area contributed by atoms with Crippen molar-refractivity contribution in [1.82, 2.24) is 5.32 Å². The van der Waals surface area contributed by atoms with Gasteiger partial charge >= 0.3 is 0 Å². The molecule has 0 bridgehead atoms. The summed E-state index contributed by atoms with van der Waals surface area (Å²) in [7, 11) is 1.86. The van der Waals surface area contributed by atoms with E-state index in [9.17, 15) is 8.78 Å². The van der Waals surface area contributed by atoms with Gasteiger partial charge in [0.05, 0.1) is 0 Å². The van der Waals surface area contributed by atoms with Crippen molar-refractivity contribution in [3.63, 3.8) is 0 Å². The minimum Gasteiger partial charge on any atom is -0.489 e. The zero-order valence-electron chi connectivity index (χ0n) is 11.5. The molecule has 0 unspecified atom stereocenters. The Morgan fingerprint density at radius 2 is 1.85 bits per heavy atom. The van der Waals surface area contributed by atoms with Gasteiger partial charge in [-0.25, -0.2) is 8.78 Å². The Bertz CT molecular complexity index is 599. The van der Waals surface area contributed by atoms with Crippen molar-refractivity contribution in [2.75, 3.05) is 7.05 Å². The maximum atomic E-state index is 13.1. The van der Waals surface area contributed by atoms with E-state index in [1.54, 1.807) is 0 Å². The minimum atomic E-state index is -0.856. The highest BCUT2D eigenvalue weighted by Crippen LogP contribution is 2.21. The second-order valence-electron chi connectivity index (χ2n) is 4.68. The van der Waals surface area contributed by atoms with Crippen molar-refractivity contribution in [1.29, 1.82) is 0 Å². The summed E-state index contributed by atoms with van der Waals surface area (Å²) in [6.07, 6.45) is 0. The number of aryl methyl sites for hydroxylation is 1. The lowest BCUT2D eigenvalue weighted by atomic mass is 10.1. The van der Waals surface area contributed by atoms with Gasteiger partial charge in [0.25, 0.3) is 0 Å². The quantitative estimate of drug-likeness (QED) is 0.902. The van der Waals surface area contributed by atoms with E-state index in [0.29, 0.717) is 12.1 Å². The van der Waals surface area contributed by atoms with Crippen LogP contribution in [0.15, 0.2) is 36.4 Å². The van der Waals surface area contributed by atoms with Crippen LogP contribution in [0.3, 0.4) is 0 Å². The first-order chi connectivity index (χ1) is 9.60. The topological polar surface area (TPSA) is 21.3 Å². The van der Waals surface area contributed by atoms with E-state index in [1.807, 2.05) is 32.2 Å². The zero-order valence-corrected chi connectivity index (χ0v) is 11.5. The number of hydrogen-bond acceptors (Lipinski definition) is 2. The third-order valence-corrected chi connectivity index (χ3v) is 2.96. The minimum absolute atomic E-state index is 0.205. The van der Waals surface area contributed by atoms with Crippen LogP contribution in [-0.4, -0.2) is 7.05 Å². The summed E-state index contributed by atoms with van der Waals surface area (Å²) < 4.78 is 31.7.